The first-order valence-electron chi connectivity index (χ1n) is 7.65. The molecule has 2 heterocycles. The van der Waals surface area contributed by atoms with Gasteiger partial charge < -0.3 is 15.3 Å². The van der Waals surface area contributed by atoms with E-state index in [0.29, 0.717) is 18.8 Å². The van der Waals surface area contributed by atoms with E-state index in [0.717, 1.165) is 29.7 Å². The van der Waals surface area contributed by atoms with Crippen LogP contribution >= 0.6 is 0 Å². The zero-order valence-electron chi connectivity index (χ0n) is 12.2. The Kier molecular flexibility index (Phi) is 3.12. The van der Waals surface area contributed by atoms with Crippen molar-refractivity contribution < 1.29 is 9.90 Å². The van der Waals surface area contributed by atoms with Crippen molar-refractivity contribution in [3.63, 3.8) is 0 Å². The molecule has 0 fully saturated rings. The van der Waals surface area contributed by atoms with Crippen LogP contribution in [0, 0.1) is 0 Å². The van der Waals surface area contributed by atoms with Gasteiger partial charge in [0.15, 0.2) is 0 Å². The summed E-state index contributed by atoms with van der Waals surface area (Å²) in [6, 6.07) is 13.4. The number of phenolic OH excluding ortho intramolecular Hbond substituents is 1. The third kappa shape index (κ3) is 2.07. The lowest BCUT2D eigenvalue weighted by molar-refractivity contribution is 0.0759. The van der Waals surface area contributed by atoms with Crippen molar-refractivity contribution in [1.82, 2.24) is 10.2 Å². The summed E-state index contributed by atoms with van der Waals surface area (Å²) in [5.41, 5.74) is 4.00. The van der Waals surface area contributed by atoms with Crippen LogP contribution in [0.2, 0.25) is 0 Å². The number of phenols is 1. The molecular weight excluding hydrogens is 276 g/mol. The minimum Gasteiger partial charge on any atom is -0.508 e. The summed E-state index contributed by atoms with van der Waals surface area (Å²) in [5.74, 6) is 0.402. The number of fused-ring (bicyclic) bond motifs is 2. The van der Waals surface area contributed by atoms with Gasteiger partial charge in [-0.15, -0.1) is 0 Å². The zero-order valence-corrected chi connectivity index (χ0v) is 12.2. The molecule has 0 spiro atoms. The van der Waals surface area contributed by atoms with Crippen LogP contribution in [0.3, 0.4) is 0 Å². The topological polar surface area (TPSA) is 52.6 Å². The van der Waals surface area contributed by atoms with Crippen molar-refractivity contribution in [3.8, 4) is 5.75 Å². The van der Waals surface area contributed by atoms with Gasteiger partial charge in [0.25, 0.3) is 5.91 Å². The van der Waals surface area contributed by atoms with Crippen LogP contribution in [0.25, 0.3) is 0 Å². The summed E-state index contributed by atoms with van der Waals surface area (Å²) in [5, 5.41) is 13.6. The standard InChI is InChI=1S/C18H18N2O2/c21-16-7-3-5-12-8-9-19-15(17(12)16)11-20-10-13-4-1-2-6-14(13)18(20)22/h1-7,15,19,21H,8-11H2. The minimum absolute atomic E-state index is 0.0109. The van der Waals surface area contributed by atoms with E-state index in [1.54, 1.807) is 6.07 Å². The number of nitrogens with zero attached hydrogens (tertiary/aromatic N) is 1. The van der Waals surface area contributed by atoms with Crippen LogP contribution < -0.4 is 5.32 Å². The first kappa shape index (κ1) is 13.3. The van der Waals surface area contributed by atoms with E-state index in [1.807, 2.05) is 35.2 Å². The molecule has 2 aromatic carbocycles. The Bertz CT molecular complexity index is 742. The second kappa shape index (κ2) is 5.14. The van der Waals surface area contributed by atoms with Crippen LogP contribution in [0.5, 0.6) is 5.75 Å². The van der Waals surface area contributed by atoms with Gasteiger partial charge in [-0.2, -0.15) is 0 Å². The van der Waals surface area contributed by atoms with E-state index in [1.165, 1.54) is 5.56 Å². The highest BCUT2D eigenvalue weighted by atomic mass is 16.3. The maximum atomic E-state index is 12.5. The van der Waals surface area contributed by atoms with Crippen LogP contribution in [0.4, 0.5) is 0 Å². The molecule has 4 rings (SSSR count). The van der Waals surface area contributed by atoms with Gasteiger partial charge in [0.1, 0.15) is 5.75 Å². The molecule has 0 aromatic heterocycles. The average molecular weight is 294 g/mol. The second-order valence-corrected chi connectivity index (χ2v) is 5.95. The number of carbonyl (C=O) groups excluding carboxylic acids is 1. The molecule has 22 heavy (non-hydrogen) atoms. The molecule has 2 aliphatic rings. The molecule has 2 aliphatic heterocycles. The Hall–Kier alpha value is -2.33. The van der Waals surface area contributed by atoms with E-state index in [9.17, 15) is 9.90 Å². The van der Waals surface area contributed by atoms with Gasteiger partial charge in [-0.3, -0.25) is 4.79 Å². The molecule has 0 aliphatic carbocycles. The maximum absolute atomic E-state index is 12.5. The number of carbonyl (C=O) groups is 1. The van der Waals surface area contributed by atoms with Crippen molar-refractivity contribution in [3.05, 3.63) is 64.7 Å². The van der Waals surface area contributed by atoms with Gasteiger partial charge in [0.05, 0.1) is 6.04 Å². The molecule has 4 heteroatoms. The summed E-state index contributed by atoms with van der Waals surface area (Å²) in [6.07, 6.45) is 0.911. The fourth-order valence-corrected chi connectivity index (χ4v) is 3.54. The van der Waals surface area contributed by atoms with Gasteiger partial charge in [-0.1, -0.05) is 30.3 Å². The summed E-state index contributed by atoms with van der Waals surface area (Å²) in [7, 11) is 0. The Balaban J connectivity index is 1.61. The van der Waals surface area contributed by atoms with Crippen molar-refractivity contribution in [2.45, 2.75) is 19.0 Å². The van der Waals surface area contributed by atoms with E-state index in [4.69, 9.17) is 0 Å². The monoisotopic (exact) mass is 294 g/mol. The summed E-state index contributed by atoms with van der Waals surface area (Å²) < 4.78 is 0. The predicted molar refractivity (Wildman–Crippen MR) is 83.7 cm³/mol. The van der Waals surface area contributed by atoms with Gasteiger partial charge in [0, 0.05) is 24.2 Å². The molecule has 0 bridgehead atoms. The highest BCUT2D eigenvalue weighted by molar-refractivity contribution is 5.98. The Morgan fingerprint density at radius 3 is 2.82 bits per heavy atom. The van der Waals surface area contributed by atoms with E-state index < -0.39 is 0 Å². The molecule has 0 saturated heterocycles. The fraction of sp³-hybridized carbons (Fsp3) is 0.278. The second-order valence-electron chi connectivity index (χ2n) is 5.95. The number of amides is 1. The number of nitrogens with one attached hydrogen (secondary N) is 1. The Labute approximate surface area is 129 Å². The molecule has 2 N–H and O–H groups in total. The minimum atomic E-state index is -0.0109. The fourth-order valence-electron chi connectivity index (χ4n) is 3.54. The summed E-state index contributed by atoms with van der Waals surface area (Å²) >= 11 is 0. The van der Waals surface area contributed by atoms with Gasteiger partial charge in [-0.25, -0.2) is 0 Å². The van der Waals surface area contributed by atoms with Crippen molar-refractivity contribution in [1.29, 1.82) is 0 Å². The van der Waals surface area contributed by atoms with Crippen LogP contribution in [-0.2, 0) is 13.0 Å². The number of hydrogen-bond donors (Lipinski definition) is 2. The van der Waals surface area contributed by atoms with Crippen LogP contribution in [-0.4, -0.2) is 29.0 Å². The number of rotatable bonds is 2. The normalized spacial score (nSPS) is 19.9. The highest BCUT2D eigenvalue weighted by Crippen LogP contribution is 2.33. The number of aromatic hydroxyl groups is 1. The third-order valence-electron chi connectivity index (χ3n) is 4.61. The smallest absolute Gasteiger partial charge is 0.254 e. The molecular formula is C18H18N2O2. The number of benzene rings is 2. The Morgan fingerprint density at radius 1 is 1.14 bits per heavy atom. The SMILES string of the molecule is O=C1c2ccccc2CN1CC1NCCc2cccc(O)c21. The molecule has 1 atom stereocenters. The van der Waals surface area contributed by atoms with Gasteiger partial charge >= 0.3 is 0 Å². The largest absolute Gasteiger partial charge is 0.508 e. The van der Waals surface area contributed by atoms with Gasteiger partial charge in [-0.05, 0) is 36.2 Å². The molecule has 1 unspecified atom stereocenters. The highest BCUT2D eigenvalue weighted by Gasteiger charge is 2.31. The molecule has 4 nitrogen and oxygen atoms in total. The van der Waals surface area contributed by atoms with Crippen molar-refractivity contribution in [2.75, 3.05) is 13.1 Å². The quantitative estimate of drug-likeness (QED) is 0.893. The average Bonchev–Trinajstić information content (AvgIpc) is 2.84. The van der Waals surface area contributed by atoms with Crippen molar-refractivity contribution in [2.24, 2.45) is 0 Å². The lowest BCUT2D eigenvalue weighted by Crippen LogP contribution is -2.39. The number of hydrogen-bond acceptors (Lipinski definition) is 3. The lowest BCUT2D eigenvalue weighted by atomic mass is 9.93. The van der Waals surface area contributed by atoms with E-state index >= 15 is 0 Å². The molecule has 0 saturated carbocycles. The Morgan fingerprint density at radius 2 is 1.95 bits per heavy atom. The predicted octanol–water partition coefficient (Wildman–Crippen LogP) is 2.24. The van der Waals surface area contributed by atoms with E-state index in [-0.39, 0.29) is 11.9 Å². The van der Waals surface area contributed by atoms with E-state index in [2.05, 4.69) is 11.4 Å². The zero-order chi connectivity index (χ0) is 15.1. The van der Waals surface area contributed by atoms with Crippen LogP contribution in [0.1, 0.15) is 33.1 Å². The third-order valence-corrected chi connectivity index (χ3v) is 4.61. The van der Waals surface area contributed by atoms with Crippen molar-refractivity contribution >= 4 is 5.91 Å². The molecule has 0 radical (unpaired) electrons. The summed E-state index contributed by atoms with van der Waals surface area (Å²) in [6.45, 7) is 2.10. The first-order valence-corrected chi connectivity index (χ1v) is 7.65. The molecule has 1 amide bonds. The summed E-state index contributed by atoms with van der Waals surface area (Å²) in [4.78, 5) is 14.4. The molecule has 2 aromatic rings. The lowest BCUT2D eigenvalue weighted by Gasteiger charge is -2.30. The molecule has 112 valence electrons. The maximum Gasteiger partial charge on any atom is 0.254 e. The van der Waals surface area contributed by atoms with Crippen LogP contribution in [0.15, 0.2) is 42.5 Å². The van der Waals surface area contributed by atoms with Gasteiger partial charge in [0.2, 0.25) is 0 Å². The first-order chi connectivity index (χ1) is 10.7.